The van der Waals surface area contributed by atoms with Crippen LogP contribution in [0.2, 0.25) is 0 Å². The number of H-pyrrole nitrogens is 1. The Morgan fingerprint density at radius 3 is 2.96 bits per heavy atom. The number of nitrogens with two attached hydrogens (primary N) is 1. The second-order valence-electron chi connectivity index (χ2n) is 5.62. The Morgan fingerprint density at radius 2 is 2.21 bits per heavy atom. The van der Waals surface area contributed by atoms with E-state index in [2.05, 4.69) is 49.2 Å². The maximum Gasteiger partial charge on any atom is 0.152 e. The van der Waals surface area contributed by atoms with Crippen LogP contribution in [0.15, 0.2) is 18.2 Å². The van der Waals surface area contributed by atoms with Crippen LogP contribution >= 0.6 is 0 Å². The quantitative estimate of drug-likeness (QED) is 0.533. The summed E-state index contributed by atoms with van der Waals surface area (Å²) in [6.45, 7) is 3.65. The molecular formula is C17H17N7. The van der Waals surface area contributed by atoms with Crippen LogP contribution < -0.4 is 11.1 Å². The molecule has 4 rings (SSSR count). The van der Waals surface area contributed by atoms with Gasteiger partial charge in [0.15, 0.2) is 5.82 Å². The molecule has 0 aliphatic carbocycles. The summed E-state index contributed by atoms with van der Waals surface area (Å²) in [5, 5.41) is 11.1. The molecule has 0 bridgehead atoms. The Hall–Kier alpha value is -3.11. The van der Waals surface area contributed by atoms with Gasteiger partial charge in [-0.25, -0.2) is 15.1 Å². The van der Waals surface area contributed by atoms with Gasteiger partial charge in [0.25, 0.3) is 0 Å². The van der Waals surface area contributed by atoms with Crippen LogP contribution in [0.25, 0.3) is 33.2 Å². The van der Waals surface area contributed by atoms with Crippen LogP contribution in [-0.2, 0) is 13.6 Å². The minimum Gasteiger partial charge on any atom is -0.382 e. The molecule has 0 spiro atoms. The number of aromatic amines is 1. The molecule has 4 N–H and O–H groups in total. The first kappa shape index (κ1) is 14.5. The van der Waals surface area contributed by atoms with Crippen molar-refractivity contribution in [2.75, 3.05) is 12.3 Å². The molecule has 3 aromatic heterocycles. The molecule has 3 heterocycles. The summed E-state index contributed by atoms with van der Waals surface area (Å²) in [6.07, 6.45) is 2.72. The highest BCUT2D eigenvalue weighted by molar-refractivity contribution is 6.07. The van der Waals surface area contributed by atoms with Gasteiger partial charge in [-0.05, 0) is 24.7 Å². The van der Waals surface area contributed by atoms with Gasteiger partial charge in [-0.15, -0.1) is 0 Å². The number of pyridine rings is 1. The molecule has 4 aromatic rings. The van der Waals surface area contributed by atoms with E-state index in [0.717, 1.165) is 39.9 Å². The van der Waals surface area contributed by atoms with Gasteiger partial charge in [-0.1, -0.05) is 13.0 Å². The van der Waals surface area contributed by atoms with Crippen LogP contribution in [-0.4, -0.2) is 31.3 Å². The van der Waals surface area contributed by atoms with E-state index in [1.807, 2.05) is 25.2 Å². The van der Waals surface area contributed by atoms with Gasteiger partial charge in [0.2, 0.25) is 0 Å². The summed E-state index contributed by atoms with van der Waals surface area (Å²) < 4.78 is 2.08. The van der Waals surface area contributed by atoms with Crippen LogP contribution in [0.1, 0.15) is 12.7 Å². The van der Waals surface area contributed by atoms with Gasteiger partial charge in [0.1, 0.15) is 17.0 Å². The number of hydrogen-bond acceptors (Lipinski definition) is 5. The van der Waals surface area contributed by atoms with Crippen LogP contribution in [0.4, 0.5) is 5.82 Å². The van der Waals surface area contributed by atoms with Crippen molar-refractivity contribution < 1.29 is 0 Å². The molecule has 0 fully saturated rings. The largest absolute Gasteiger partial charge is 0.382 e. The van der Waals surface area contributed by atoms with E-state index in [1.54, 1.807) is 0 Å². The Kier molecular flexibility index (Phi) is 3.32. The van der Waals surface area contributed by atoms with Crippen molar-refractivity contribution in [3.63, 3.8) is 0 Å². The molecular weight excluding hydrogens is 302 g/mol. The molecule has 0 saturated heterocycles. The molecule has 0 aliphatic rings. The third-order valence-corrected chi connectivity index (χ3v) is 4.14. The maximum absolute atomic E-state index is 6.16. The van der Waals surface area contributed by atoms with Crippen LogP contribution in [0, 0.1) is 12.3 Å². The molecule has 0 amide bonds. The smallest absolute Gasteiger partial charge is 0.152 e. The molecule has 7 nitrogen and oxygen atoms in total. The lowest BCUT2D eigenvalue weighted by molar-refractivity contribution is 0.667. The molecule has 120 valence electrons. The third-order valence-electron chi connectivity index (χ3n) is 4.14. The number of hydrogen-bond donors (Lipinski definition) is 3. The fraction of sp³-hybridized carbons (Fsp3) is 0.235. The van der Waals surface area contributed by atoms with Crippen molar-refractivity contribution >= 4 is 27.8 Å². The predicted octanol–water partition coefficient (Wildman–Crippen LogP) is 1.80. The van der Waals surface area contributed by atoms with Gasteiger partial charge in [0, 0.05) is 24.2 Å². The van der Waals surface area contributed by atoms with E-state index in [1.165, 1.54) is 0 Å². The van der Waals surface area contributed by atoms with Crippen molar-refractivity contribution in [2.45, 2.75) is 13.5 Å². The third kappa shape index (κ3) is 2.16. The molecule has 1 aromatic carbocycles. The molecule has 0 radical (unpaired) electrons. The van der Waals surface area contributed by atoms with Crippen molar-refractivity contribution in [1.82, 2.24) is 30.0 Å². The van der Waals surface area contributed by atoms with Gasteiger partial charge >= 0.3 is 0 Å². The molecule has 7 heteroatoms. The van der Waals surface area contributed by atoms with Gasteiger partial charge < -0.3 is 15.6 Å². The highest BCUT2D eigenvalue weighted by Crippen LogP contribution is 2.30. The van der Waals surface area contributed by atoms with Crippen LogP contribution in [0.5, 0.6) is 0 Å². The first-order valence-electron chi connectivity index (χ1n) is 7.78. The summed E-state index contributed by atoms with van der Waals surface area (Å²) in [4.78, 5) is 9.18. The zero-order valence-electron chi connectivity index (χ0n) is 13.5. The second-order valence-corrected chi connectivity index (χ2v) is 5.62. The van der Waals surface area contributed by atoms with Crippen LogP contribution in [0.3, 0.4) is 0 Å². The van der Waals surface area contributed by atoms with E-state index in [-0.39, 0.29) is 0 Å². The standard InChI is InChI=1S/C17H17N7/c1-3-19-9-14-22-15-16(24(14)2)11-5-4-10(12-6-7-20-23-12)8-13(11)21-17(15)18/h4-5,8,19-20H,3,9H2,1-2H3,(H2,18,21). The average Bonchev–Trinajstić information content (AvgIpc) is 3.22. The molecule has 0 aliphatic heterocycles. The zero-order chi connectivity index (χ0) is 16.7. The second kappa shape index (κ2) is 5.51. The maximum atomic E-state index is 6.16. The van der Waals surface area contributed by atoms with Crippen molar-refractivity contribution in [3.8, 4) is 11.3 Å². The Labute approximate surface area is 138 Å². The lowest BCUT2D eigenvalue weighted by Gasteiger charge is -2.06. The first-order chi connectivity index (χ1) is 11.7. The number of benzene rings is 1. The van der Waals surface area contributed by atoms with Gasteiger partial charge in [-0.3, -0.25) is 0 Å². The SMILES string of the molecule is CCNCc1nc2c(N)nc3cc(-c4c#c[nH]n4)ccc3c2n1C. The topological polar surface area (TPSA) is 97.4 Å². The number of rotatable bonds is 4. The van der Waals surface area contributed by atoms with Crippen molar-refractivity contribution in [1.29, 1.82) is 0 Å². The van der Waals surface area contributed by atoms with E-state index in [9.17, 15) is 0 Å². The van der Waals surface area contributed by atoms with E-state index in [4.69, 9.17) is 5.73 Å². The monoisotopic (exact) mass is 319 g/mol. The average molecular weight is 319 g/mol. The summed E-state index contributed by atoms with van der Waals surface area (Å²) >= 11 is 0. The first-order valence-corrected chi connectivity index (χ1v) is 7.78. The Bertz CT molecular complexity index is 1010. The number of nitrogens with one attached hydrogen (secondary N) is 2. The molecule has 0 unspecified atom stereocenters. The summed E-state index contributed by atoms with van der Waals surface area (Å²) in [7, 11) is 2.01. The van der Waals surface area contributed by atoms with E-state index < -0.39 is 0 Å². The minimum atomic E-state index is 0.436. The number of anilines is 1. The number of fused-ring (bicyclic) bond motifs is 3. The number of nitrogens with zero attached hydrogens (tertiary/aromatic N) is 4. The van der Waals surface area contributed by atoms with E-state index in [0.29, 0.717) is 18.1 Å². The van der Waals surface area contributed by atoms with Gasteiger partial charge in [0.05, 0.1) is 17.6 Å². The van der Waals surface area contributed by atoms with Crippen molar-refractivity contribution in [3.05, 3.63) is 36.3 Å². The predicted molar refractivity (Wildman–Crippen MR) is 93.1 cm³/mol. The highest BCUT2D eigenvalue weighted by atomic mass is 15.1. The summed E-state index contributed by atoms with van der Waals surface area (Å²) in [5.74, 6) is 1.37. The van der Waals surface area contributed by atoms with Crippen molar-refractivity contribution in [2.24, 2.45) is 7.05 Å². The minimum absolute atomic E-state index is 0.436. The Balaban J connectivity index is 1.95. The number of aromatic nitrogens is 5. The summed E-state index contributed by atoms with van der Waals surface area (Å²) in [5.41, 5.74) is 10.3. The number of imidazole rings is 1. The molecule has 0 atom stereocenters. The van der Waals surface area contributed by atoms with E-state index >= 15 is 0 Å². The Morgan fingerprint density at radius 1 is 1.33 bits per heavy atom. The molecule has 0 saturated carbocycles. The number of aryl methyl sites for hydroxylation is 1. The molecule has 24 heavy (non-hydrogen) atoms. The fourth-order valence-corrected chi connectivity index (χ4v) is 2.92. The fourth-order valence-electron chi connectivity index (χ4n) is 2.92. The summed E-state index contributed by atoms with van der Waals surface area (Å²) in [6, 6.07) is 8.92. The normalized spacial score (nSPS) is 11.2. The lowest BCUT2D eigenvalue weighted by atomic mass is 10.1. The highest BCUT2D eigenvalue weighted by Gasteiger charge is 2.15. The zero-order valence-corrected chi connectivity index (χ0v) is 13.5. The lowest BCUT2D eigenvalue weighted by Crippen LogP contribution is -2.15. The number of nitrogen functional groups attached to an aromatic ring is 1. The van der Waals surface area contributed by atoms with Gasteiger partial charge in [-0.2, -0.15) is 5.10 Å².